The molecule has 1 fully saturated rings. The number of carboxylic acid groups (broad SMARTS) is 2. The Hall–Kier alpha value is -2.58. The number of fused-ring (bicyclic) bond motifs is 1. The molecule has 2 atom stereocenters. The molecule has 0 aromatic heterocycles. The molecule has 0 bridgehead atoms. The van der Waals surface area contributed by atoms with Crippen LogP contribution >= 0.6 is 0 Å². The standard InChI is InChI=1S/C14H19NO3.C4H4O4/c16-12-7-5-9-10(14(12)18)4-6-11(13(9)17)15-8-2-1-3-8;5-3(6)1-2-4(7)8/h5,7-8,11,13,15-18H,1-4,6H2;1-2H,(H,5,6)(H,7,8)/b;2-1+/t11-,13+;/m0./s1. The quantitative estimate of drug-likeness (QED) is 0.346. The molecule has 8 heteroatoms. The number of nitrogens with one attached hydrogen (secondary N) is 1. The highest BCUT2D eigenvalue weighted by Gasteiger charge is 2.32. The van der Waals surface area contributed by atoms with Crippen LogP contribution in [0.15, 0.2) is 24.3 Å². The minimum atomic E-state index is -1.26. The largest absolute Gasteiger partial charge is 0.504 e. The maximum atomic E-state index is 10.3. The number of benzene rings is 1. The molecule has 142 valence electrons. The van der Waals surface area contributed by atoms with E-state index >= 15 is 0 Å². The monoisotopic (exact) mass is 365 g/mol. The Labute approximate surface area is 150 Å². The van der Waals surface area contributed by atoms with Crippen LogP contribution in [0.5, 0.6) is 11.5 Å². The molecule has 0 aliphatic heterocycles. The van der Waals surface area contributed by atoms with Crippen LogP contribution < -0.4 is 5.32 Å². The lowest BCUT2D eigenvalue weighted by Gasteiger charge is -2.37. The fourth-order valence-corrected chi connectivity index (χ4v) is 3.05. The topological polar surface area (TPSA) is 147 Å². The number of aliphatic hydroxyl groups excluding tert-OH is 1. The first-order valence-corrected chi connectivity index (χ1v) is 8.41. The van der Waals surface area contributed by atoms with Crippen molar-refractivity contribution in [2.24, 2.45) is 0 Å². The summed E-state index contributed by atoms with van der Waals surface area (Å²) < 4.78 is 0. The van der Waals surface area contributed by atoms with Crippen LogP contribution in [0.1, 0.15) is 42.9 Å². The van der Waals surface area contributed by atoms with E-state index < -0.39 is 18.0 Å². The van der Waals surface area contributed by atoms with Crippen LogP contribution in [-0.2, 0) is 16.0 Å². The van der Waals surface area contributed by atoms with Crippen molar-refractivity contribution in [2.45, 2.75) is 50.3 Å². The van der Waals surface area contributed by atoms with Gasteiger partial charge >= 0.3 is 11.9 Å². The second-order valence-corrected chi connectivity index (χ2v) is 6.40. The third-order valence-electron chi connectivity index (χ3n) is 4.63. The van der Waals surface area contributed by atoms with Crippen molar-refractivity contribution in [3.63, 3.8) is 0 Å². The molecule has 26 heavy (non-hydrogen) atoms. The van der Waals surface area contributed by atoms with Crippen molar-refractivity contribution >= 4 is 11.9 Å². The Balaban J connectivity index is 0.000000260. The first kappa shape index (κ1) is 19.7. The van der Waals surface area contributed by atoms with Crippen molar-refractivity contribution in [3.05, 3.63) is 35.4 Å². The highest BCUT2D eigenvalue weighted by Crippen LogP contribution is 2.40. The third-order valence-corrected chi connectivity index (χ3v) is 4.63. The summed E-state index contributed by atoms with van der Waals surface area (Å²) >= 11 is 0. The molecule has 0 unspecified atom stereocenters. The molecule has 6 N–H and O–H groups in total. The van der Waals surface area contributed by atoms with Gasteiger partial charge in [0, 0.05) is 29.8 Å². The fourth-order valence-electron chi connectivity index (χ4n) is 3.05. The van der Waals surface area contributed by atoms with E-state index in [0.717, 1.165) is 12.0 Å². The highest BCUT2D eigenvalue weighted by molar-refractivity contribution is 5.89. The van der Waals surface area contributed by atoms with Gasteiger partial charge in [-0.3, -0.25) is 0 Å². The Morgan fingerprint density at radius 3 is 2.15 bits per heavy atom. The molecule has 3 rings (SSSR count). The zero-order valence-corrected chi connectivity index (χ0v) is 14.1. The maximum Gasteiger partial charge on any atom is 0.328 e. The van der Waals surface area contributed by atoms with E-state index in [2.05, 4.69) is 5.32 Å². The highest BCUT2D eigenvalue weighted by atomic mass is 16.4. The number of hydrogen-bond acceptors (Lipinski definition) is 6. The average Bonchev–Trinajstić information content (AvgIpc) is 2.55. The van der Waals surface area contributed by atoms with Gasteiger partial charge in [0.25, 0.3) is 0 Å². The van der Waals surface area contributed by atoms with Crippen LogP contribution in [-0.4, -0.2) is 49.6 Å². The Morgan fingerprint density at radius 1 is 1.04 bits per heavy atom. The number of carbonyl (C=O) groups is 2. The molecule has 2 aliphatic carbocycles. The van der Waals surface area contributed by atoms with Crippen molar-refractivity contribution in [1.82, 2.24) is 5.32 Å². The number of hydrogen-bond donors (Lipinski definition) is 6. The summed E-state index contributed by atoms with van der Waals surface area (Å²) in [5.41, 5.74) is 1.43. The van der Waals surface area contributed by atoms with Crippen LogP contribution in [0.25, 0.3) is 0 Å². The van der Waals surface area contributed by atoms with E-state index in [0.29, 0.717) is 30.2 Å². The lowest BCUT2D eigenvalue weighted by Crippen LogP contribution is -2.46. The first-order chi connectivity index (χ1) is 12.3. The number of carboxylic acids is 2. The zero-order valence-electron chi connectivity index (χ0n) is 14.1. The van der Waals surface area contributed by atoms with Crippen LogP contribution in [0.2, 0.25) is 0 Å². The van der Waals surface area contributed by atoms with Crippen LogP contribution in [0.3, 0.4) is 0 Å². The summed E-state index contributed by atoms with van der Waals surface area (Å²) in [5.74, 6) is -2.69. The van der Waals surface area contributed by atoms with E-state index in [4.69, 9.17) is 10.2 Å². The zero-order chi connectivity index (χ0) is 19.3. The summed E-state index contributed by atoms with van der Waals surface area (Å²) in [5, 5.41) is 48.7. The molecule has 0 saturated heterocycles. The summed E-state index contributed by atoms with van der Waals surface area (Å²) in [4.78, 5) is 19.1. The summed E-state index contributed by atoms with van der Waals surface area (Å²) in [6, 6.07) is 3.76. The van der Waals surface area contributed by atoms with Gasteiger partial charge in [-0.05, 0) is 37.3 Å². The summed E-state index contributed by atoms with van der Waals surface area (Å²) in [6.07, 6.45) is 5.66. The molecule has 0 radical (unpaired) electrons. The molecular weight excluding hydrogens is 342 g/mol. The Bertz CT molecular complexity index is 681. The Morgan fingerprint density at radius 2 is 1.65 bits per heavy atom. The molecule has 1 aromatic carbocycles. The first-order valence-electron chi connectivity index (χ1n) is 8.41. The fraction of sp³-hybridized carbons (Fsp3) is 0.444. The van der Waals surface area contributed by atoms with E-state index in [1.54, 1.807) is 6.07 Å². The lowest BCUT2D eigenvalue weighted by atomic mass is 9.83. The third kappa shape index (κ3) is 4.96. The molecular formula is C18H23NO7. The molecule has 1 saturated carbocycles. The molecule has 0 heterocycles. The normalized spacial score (nSPS) is 22.0. The van der Waals surface area contributed by atoms with Gasteiger partial charge in [0.1, 0.15) is 0 Å². The number of aliphatic carboxylic acids is 2. The van der Waals surface area contributed by atoms with E-state index in [9.17, 15) is 24.9 Å². The minimum absolute atomic E-state index is 0.0618. The molecule has 0 amide bonds. The van der Waals surface area contributed by atoms with E-state index in [1.165, 1.54) is 25.3 Å². The predicted octanol–water partition coefficient (Wildman–Crippen LogP) is 1.30. The van der Waals surface area contributed by atoms with Gasteiger partial charge in [-0.15, -0.1) is 0 Å². The number of aromatic hydroxyl groups is 2. The average molecular weight is 365 g/mol. The number of phenols is 2. The van der Waals surface area contributed by atoms with E-state index in [-0.39, 0.29) is 17.5 Å². The Kier molecular flexibility index (Phi) is 6.59. The van der Waals surface area contributed by atoms with Gasteiger partial charge < -0.3 is 30.8 Å². The molecule has 1 aromatic rings. The molecule has 0 spiro atoms. The maximum absolute atomic E-state index is 10.3. The second kappa shape index (κ2) is 8.68. The van der Waals surface area contributed by atoms with E-state index in [1.807, 2.05) is 0 Å². The van der Waals surface area contributed by atoms with Crippen molar-refractivity contribution in [3.8, 4) is 11.5 Å². The lowest BCUT2D eigenvalue weighted by molar-refractivity contribution is -0.134. The van der Waals surface area contributed by atoms with Gasteiger partial charge in [0.05, 0.1) is 6.10 Å². The number of aliphatic hydroxyl groups is 1. The summed E-state index contributed by atoms with van der Waals surface area (Å²) in [7, 11) is 0. The van der Waals surface area contributed by atoms with Crippen molar-refractivity contribution in [1.29, 1.82) is 0 Å². The molecule has 8 nitrogen and oxygen atoms in total. The number of rotatable bonds is 4. The van der Waals surface area contributed by atoms with Gasteiger partial charge in [-0.25, -0.2) is 9.59 Å². The van der Waals surface area contributed by atoms with Crippen molar-refractivity contribution in [2.75, 3.05) is 0 Å². The van der Waals surface area contributed by atoms with Gasteiger partial charge in [0.2, 0.25) is 0 Å². The number of phenolic OH excluding ortho intramolecular Hbond substituents is 2. The molecule has 2 aliphatic rings. The van der Waals surface area contributed by atoms with Gasteiger partial charge in [-0.2, -0.15) is 0 Å². The van der Waals surface area contributed by atoms with Gasteiger partial charge in [0.15, 0.2) is 11.5 Å². The van der Waals surface area contributed by atoms with Crippen LogP contribution in [0, 0.1) is 0 Å². The van der Waals surface area contributed by atoms with Gasteiger partial charge in [-0.1, -0.05) is 12.5 Å². The van der Waals surface area contributed by atoms with Crippen molar-refractivity contribution < 1.29 is 35.1 Å². The second-order valence-electron chi connectivity index (χ2n) is 6.40. The predicted molar refractivity (Wildman–Crippen MR) is 92.0 cm³/mol. The van der Waals surface area contributed by atoms with Crippen LogP contribution in [0.4, 0.5) is 0 Å². The summed E-state index contributed by atoms with van der Waals surface area (Å²) in [6.45, 7) is 0. The SMILES string of the molecule is O=C(O)/C=C/C(=O)O.Oc1ccc2c(c1O)CC[C@H](NC1CCC1)[C@@H]2O. The minimum Gasteiger partial charge on any atom is -0.504 e. The smallest absolute Gasteiger partial charge is 0.328 e.